The van der Waals surface area contributed by atoms with Gasteiger partial charge in [0.25, 0.3) is 0 Å². The Bertz CT molecular complexity index is 628. The lowest BCUT2D eigenvalue weighted by Crippen LogP contribution is -2.44. The molecule has 2 bridgehead atoms. The van der Waals surface area contributed by atoms with Gasteiger partial charge in [0.05, 0.1) is 11.7 Å². The first-order valence-corrected chi connectivity index (χ1v) is 7.75. The van der Waals surface area contributed by atoms with E-state index in [9.17, 15) is 4.79 Å². The summed E-state index contributed by atoms with van der Waals surface area (Å²) in [6.07, 6.45) is 5.59. The molecule has 2 aliphatic carbocycles. The maximum Gasteiger partial charge on any atom is 0.415 e. The number of allylic oxidation sites excluding steroid dienone is 1. The number of benzene rings is 1. The van der Waals surface area contributed by atoms with E-state index in [0.29, 0.717) is 17.8 Å². The van der Waals surface area contributed by atoms with E-state index in [0.717, 1.165) is 5.69 Å². The molecule has 0 saturated heterocycles. The third-order valence-electron chi connectivity index (χ3n) is 4.86. The molecule has 0 spiro atoms. The van der Waals surface area contributed by atoms with Gasteiger partial charge >= 0.3 is 6.09 Å². The molecule has 1 aliphatic heterocycles. The molecule has 110 valence electrons. The molecule has 1 saturated carbocycles. The minimum atomic E-state index is -0.461. The monoisotopic (exact) mass is 283 g/mol. The van der Waals surface area contributed by atoms with Gasteiger partial charge in [-0.2, -0.15) is 0 Å². The standard InChI is InChI=1S/C18H21NO2/c1-18(2,3)21-17(20)19-14-7-5-4-6-13(14)15-11-8-9-12(10-11)16(15)19/h4-9,11-12,15-16H,10H2,1-3H3/t11-,12+,15-,16-/m0/s1. The van der Waals surface area contributed by atoms with E-state index in [1.54, 1.807) is 0 Å². The summed E-state index contributed by atoms with van der Waals surface area (Å²) in [4.78, 5) is 14.6. The highest BCUT2D eigenvalue weighted by Crippen LogP contribution is 2.58. The molecular formula is C18H21NO2. The number of ether oxygens (including phenoxy) is 1. The van der Waals surface area contributed by atoms with Gasteiger partial charge in [0.15, 0.2) is 0 Å². The molecule has 3 heteroatoms. The Morgan fingerprint density at radius 3 is 2.67 bits per heavy atom. The molecule has 21 heavy (non-hydrogen) atoms. The van der Waals surface area contributed by atoms with Crippen molar-refractivity contribution in [3.8, 4) is 0 Å². The average molecular weight is 283 g/mol. The predicted molar refractivity (Wildman–Crippen MR) is 82.4 cm³/mol. The summed E-state index contributed by atoms with van der Waals surface area (Å²) >= 11 is 0. The highest BCUT2D eigenvalue weighted by atomic mass is 16.6. The Hall–Kier alpha value is -1.77. The zero-order chi connectivity index (χ0) is 14.8. The van der Waals surface area contributed by atoms with Crippen LogP contribution in [0.4, 0.5) is 10.5 Å². The van der Waals surface area contributed by atoms with Gasteiger partial charge in [0.1, 0.15) is 5.60 Å². The Kier molecular flexibility index (Phi) is 2.54. The van der Waals surface area contributed by atoms with Crippen LogP contribution in [-0.4, -0.2) is 17.7 Å². The normalized spacial score (nSPS) is 32.2. The quantitative estimate of drug-likeness (QED) is 0.671. The fraction of sp³-hybridized carbons (Fsp3) is 0.500. The van der Waals surface area contributed by atoms with Crippen LogP contribution in [0.2, 0.25) is 0 Å². The van der Waals surface area contributed by atoms with Gasteiger partial charge in [0, 0.05) is 5.92 Å². The van der Waals surface area contributed by atoms with Crippen LogP contribution in [0, 0.1) is 11.8 Å². The smallest absolute Gasteiger partial charge is 0.415 e. The number of hydrogen-bond acceptors (Lipinski definition) is 2. The van der Waals surface area contributed by atoms with E-state index >= 15 is 0 Å². The van der Waals surface area contributed by atoms with E-state index in [4.69, 9.17) is 4.74 Å². The summed E-state index contributed by atoms with van der Waals surface area (Å²) < 4.78 is 5.66. The fourth-order valence-electron chi connectivity index (χ4n) is 4.24. The van der Waals surface area contributed by atoms with Crippen LogP contribution in [0.25, 0.3) is 0 Å². The molecule has 1 fully saturated rings. The van der Waals surface area contributed by atoms with Crippen molar-refractivity contribution < 1.29 is 9.53 Å². The van der Waals surface area contributed by atoms with Crippen molar-refractivity contribution in [2.45, 2.75) is 44.8 Å². The van der Waals surface area contributed by atoms with Gasteiger partial charge in [-0.15, -0.1) is 0 Å². The second-order valence-corrected chi connectivity index (χ2v) is 7.37. The van der Waals surface area contributed by atoms with E-state index in [1.165, 1.54) is 12.0 Å². The number of amides is 1. The number of carbonyl (C=O) groups is 1. The van der Waals surface area contributed by atoms with Crippen molar-refractivity contribution in [1.29, 1.82) is 0 Å². The number of rotatable bonds is 0. The lowest BCUT2D eigenvalue weighted by atomic mass is 9.86. The van der Waals surface area contributed by atoms with Crippen molar-refractivity contribution in [3.05, 3.63) is 42.0 Å². The summed E-state index contributed by atoms with van der Waals surface area (Å²) in [6.45, 7) is 5.77. The Morgan fingerprint density at radius 1 is 1.19 bits per heavy atom. The second kappa shape index (κ2) is 4.12. The first-order valence-electron chi connectivity index (χ1n) is 7.75. The summed E-state index contributed by atoms with van der Waals surface area (Å²) in [5.41, 5.74) is 1.89. The summed E-state index contributed by atoms with van der Waals surface area (Å²) in [6, 6.07) is 8.55. The Balaban J connectivity index is 1.76. The SMILES string of the molecule is CC(C)(C)OC(=O)N1c2ccccc2[C@H]2[C@@H]1[C@@H]1C=C[C@H]2C1. The number of anilines is 1. The maximum absolute atomic E-state index is 12.7. The molecule has 0 N–H and O–H groups in total. The zero-order valence-electron chi connectivity index (χ0n) is 12.7. The number of carbonyl (C=O) groups excluding carboxylic acids is 1. The first kappa shape index (κ1) is 12.9. The molecular weight excluding hydrogens is 262 g/mol. The number of nitrogens with zero attached hydrogens (tertiary/aromatic N) is 1. The maximum atomic E-state index is 12.7. The highest BCUT2D eigenvalue weighted by Gasteiger charge is 2.55. The molecule has 0 radical (unpaired) electrons. The number of fused-ring (bicyclic) bond motifs is 7. The molecule has 1 amide bonds. The van der Waals surface area contributed by atoms with Gasteiger partial charge in [-0.25, -0.2) is 4.79 Å². The number of hydrogen-bond donors (Lipinski definition) is 0. The molecule has 4 rings (SSSR count). The van der Waals surface area contributed by atoms with Gasteiger partial charge < -0.3 is 4.74 Å². The van der Waals surface area contributed by atoms with Crippen molar-refractivity contribution >= 4 is 11.8 Å². The molecule has 3 aliphatic rings. The number of para-hydroxylation sites is 1. The van der Waals surface area contributed by atoms with Crippen LogP contribution in [0.15, 0.2) is 36.4 Å². The molecule has 1 aromatic rings. The van der Waals surface area contributed by atoms with Crippen molar-refractivity contribution in [2.24, 2.45) is 11.8 Å². The van der Waals surface area contributed by atoms with Crippen LogP contribution >= 0.6 is 0 Å². The summed E-state index contributed by atoms with van der Waals surface area (Å²) in [5, 5.41) is 0. The van der Waals surface area contributed by atoms with Gasteiger partial charge in [-0.1, -0.05) is 30.4 Å². The lowest BCUT2D eigenvalue weighted by molar-refractivity contribution is 0.0563. The van der Waals surface area contributed by atoms with Crippen LogP contribution in [-0.2, 0) is 4.74 Å². The van der Waals surface area contributed by atoms with Crippen molar-refractivity contribution in [1.82, 2.24) is 0 Å². The Labute approximate surface area is 125 Å². The topological polar surface area (TPSA) is 29.5 Å². The first-order chi connectivity index (χ1) is 9.96. The lowest BCUT2D eigenvalue weighted by Gasteiger charge is -2.32. The molecule has 0 unspecified atom stereocenters. The van der Waals surface area contributed by atoms with E-state index in [2.05, 4.69) is 30.4 Å². The Morgan fingerprint density at radius 2 is 1.90 bits per heavy atom. The van der Waals surface area contributed by atoms with Crippen LogP contribution in [0.1, 0.15) is 38.7 Å². The van der Waals surface area contributed by atoms with Gasteiger partial charge in [0.2, 0.25) is 0 Å². The largest absolute Gasteiger partial charge is 0.443 e. The summed E-state index contributed by atoms with van der Waals surface area (Å²) in [5.74, 6) is 1.50. The van der Waals surface area contributed by atoms with Crippen molar-refractivity contribution in [2.75, 3.05) is 4.90 Å². The van der Waals surface area contributed by atoms with Gasteiger partial charge in [-0.05, 0) is 50.7 Å². The molecule has 1 heterocycles. The highest BCUT2D eigenvalue weighted by molar-refractivity contribution is 5.92. The van der Waals surface area contributed by atoms with Gasteiger partial charge in [-0.3, -0.25) is 4.90 Å². The predicted octanol–water partition coefficient (Wildman–Crippen LogP) is 4.10. The minimum Gasteiger partial charge on any atom is -0.443 e. The molecule has 1 aromatic carbocycles. The van der Waals surface area contributed by atoms with Crippen molar-refractivity contribution in [3.63, 3.8) is 0 Å². The summed E-state index contributed by atoms with van der Waals surface area (Å²) in [7, 11) is 0. The zero-order valence-corrected chi connectivity index (χ0v) is 12.7. The van der Waals surface area contributed by atoms with E-state index in [-0.39, 0.29) is 12.1 Å². The van der Waals surface area contributed by atoms with Crippen LogP contribution in [0.5, 0.6) is 0 Å². The van der Waals surface area contributed by atoms with E-state index < -0.39 is 5.60 Å². The molecule has 4 atom stereocenters. The van der Waals surface area contributed by atoms with Crippen LogP contribution < -0.4 is 4.90 Å². The molecule has 3 nitrogen and oxygen atoms in total. The fourth-order valence-corrected chi connectivity index (χ4v) is 4.24. The minimum absolute atomic E-state index is 0.205. The average Bonchev–Trinajstić information content (AvgIpc) is 3.06. The third kappa shape index (κ3) is 1.83. The van der Waals surface area contributed by atoms with E-state index in [1.807, 2.05) is 31.7 Å². The second-order valence-electron chi connectivity index (χ2n) is 7.37. The third-order valence-corrected chi connectivity index (χ3v) is 4.86. The van der Waals surface area contributed by atoms with Crippen LogP contribution in [0.3, 0.4) is 0 Å². The molecule has 0 aromatic heterocycles.